The van der Waals surface area contributed by atoms with Crippen molar-refractivity contribution in [3.63, 3.8) is 0 Å². The van der Waals surface area contributed by atoms with Crippen LogP contribution >= 0.6 is 0 Å². The number of unbranched alkanes of at least 4 members (excludes halogenated alkanes) is 5. The maximum Gasteiger partial charge on any atom is 0.326 e. The van der Waals surface area contributed by atoms with Crippen LogP contribution in [0, 0.1) is 0 Å². The lowest BCUT2D eigenvalue weighted by Gasteiger charge is -2.15. The summed E-state index contributed by atoms with van der Waals surface area (Å²) in [4.78, 5) is 23.6. The number of carboxylic acids is 1. The number of aliphatic carboxylic acids is 1. The molecule has 0 aliphatic heterocycles. The second-order valence-corrected chi connectivity index (χ2v) is 8.11. The average Bonchev–Trinajstić information content (AvgIpc) is 2.78. The van der Waals surface area contributed by atoms with Gasteiger partial charge in [-0.2, -0.15) is 0 Å². The molecule has 0 bridgehead atoms. The summed E-state index contributed by atoms with van der Waals surface area (Å²) >= 11 is 0. The van der Waals surface area contributed by atoms with Crippen molar-refractivity contribution in [3.05, 3.63) is 60.2 Å². The molecular formula is C27H39NO5. The Labute approximate surface area is 197 Å². The first-order valence-corrected chi connectivity index (χ1v) is 11.9. The fraction of sp³-hybridized carbons (Fsp3) is 0.481. The number of hydrogen-bond donors (Lipinski definition) is 4. The maximum atomic E-state index is 12.1. The van der Waals surface area contributed by atoms with Gasteiger partial charge in [0.2, 0.25) is 5.91 Å². The molecule has 182 valence electrons. The van der Waals surface area contributed by atoms with Crippen LogP contribution in [0.1, 0.15) is 76.7 Å². The van der Waals surface area contributed by atoms with E-state index in [0.717, 1.165) is 25.7 Å². The van der Waals surface area contributed by atoms with E-state index in [-0.39, 0.29) is 30.2 Å². The number of hydrogen-bond acceptors (Lipinski definition) is 4. The standard InChI is InChI=1S/C27H39NO5/c1-2-3-4-5-6-7-8-9-10-11-12-13-14-15-16-17-26(31)28-23(27(32)33)20-22-18-19-24(29)25(30)21-22/h6-7,9-10,12-13,18-19,21,23,29-30H,2-5,8,11,14-17,20H2,1H3,(H,28,31)(H,32,33)/b7-6-,10-9-,13-12-/t23-/m0/s1. The first kappa shape index (κ1) is 28.0. The van der Waals surface area contributed by atoms with E-state index in [4.69, 9.17) is 0 Å². The summed E-state index contributed by atoms with van der Waals surface area (Å²) in [5.74, 6) is -2.04. The second kappa shape index (κ2) is 17.5. The Hall–Kier alpha value is -3.02. The van der Waals surface area contributed by atoms with Gasteiger partial charge in [-0.05, 0) is 62.6 Å². The zero-order valence-corrected chi connectivity index (χ0v) is 19.7. The Balaban J connectivity index is 2.18. The second-order valence-electron chi connectivity index (χ2n) is 8.11. The SMILES string of the molecule is CCCCC/C=C\C/C=C\C/C=C\CCCCC(=O)N[C@@H](Cc1ccc(O)c(O)c1)C(=O)O. The molecule has 0 unspecified atom stereocenters. The van der Waals surface area contributed by atoms with Crippen LogP contribution in [0.5, 0.6) is 11.5 Å². The number of carboxylic acid groups (broad SMARTS) is 1. The van der Waals surface area contributed by atoms with E-state index in [1.807, 2.05) is 0 Å². The third-order valence-corrected chi connectivity index (χ3v) is 5.16. The molecule has 0 saturated heterocycles. The van der Waals surface area contributed by atoms with Gasteiger partial charge in [0.05, 0.1) is 0 Å². The molecule has 0 aliphatic rings. The molecule has 0 aliphatic carbocycles. The highest BCUT2D eigenvalue weighted by atomic mass is 16.4. The van der Waals surface area contributed by atoms with Gasteiger partial charge in [-0.25, -0.2) is 4.79 Å². The number of amides is 1. The Bertz CT molecular complexity index is 798. The summed E-state index contributed by atoms with van der Waals surface area (Å²) in [6, 6.07) is 3.02. The molecular weight excluding hydrogens is 418 g/mol. The molecule has 6 nitrogen and oxygen atoms in total. The topological polar surface area (TPSA) is 107 Å². The Morgan fingerprint density at radius 3 is 2.06 bits per heavy atom. The van der Waals surface area contributed by atoms with Crippen LogP contribution < -0.4 is 5.32 Å². The van der Waals surface area contributed by atoms with E-state index in [9.17, 15) is 24.9 Å². The minimum absolute atomic E-state index is 0.0276. The summed E-state index contributed by atoms with van der Waals surface area (Å²) in [6.07, 6.45) is 22.6. The highest BCUT2D eigenvalue weighted by Crippen LogP contribution is 2.25. The van der Waals surface area contributed by atoms with Crippen molar-refractivity contribution in [2.45, 2.75) is 83.6 Å². The van der Waals surface area contributed by atoms with Crippen molar-refractivity contribution in [1.82, 2.24) is 5.32 Å². The third kappa shape index (κ3) is 13.9. The van der Waals surface area contributed by atoms with E-state index >= 15 is 0 Å². The zero-order valence-electron chi connectivity index (χ0n) is 19.7. The van der Waals surface area contributed by atoms with Gasteiger partial charge in [0.1, 0.15) is 6.04 Å². The number of nitrogens with one attached hydrogen (secondary N) is 1. The molecule has 0 heterocycles. The van der Waals surface area contributed by atoms with Gasteiger partial charge in [0, 0.05) is 12.8 Å². The average molecular weight is 458 g/mol. The number of carbonyl (C=O) groups is 2. The van der Waals surface area contributed by atoms with Crippen LogP contribution in [-0.4, -0.2) is 33.2 Å². The fourth-order valence-electron chi connectivity index (χ4n) is 3.24. The Kier molecular flexibility index (Phi) is 14.9. The lowest BCUT2D eigenvalue weighted by Crippen LogP contribution is -2.42. The van der Waals surface area contributed by atoms with Crippen molar-refractivity contribution in [2.75, 3.05) is 0 Å². The highest BCUT2D eigenvalue weighted by Gasteiger charge is 2.20. The molecule has 0 saturated carbocycles. The van der Waals surface area contributed by atoms with E-state index < -0.39 is 12.0 Å². The van der Waals surface area contributed by atoms with Gasteiger partial charge in [0.25, 0.3) is 0 Å². The smallest absolute Gasteiger partial charge is 0.326 e. The van der Waals surface area contributed by atoms with Gasteiger partial charge in [0.15, 0.2) is 11.5 Å². The number of allylic oxidation sites excluding steroid dienone is 6. The number of rotatable bonds is 17. The minimum atomic E-state index is -1.14. The molecule has 1 atom stereocenters. The summed E-state index contributed by atoms with van der Waals surface area (Å²) < 4.78 is 0. The van der Waals surface area contributed by atoms with Crippen molar-refractivity contribution >= 4 is 11.9 Å². The summed E-state index contributed by atoms with van der Waals surface area (Å²) in [6.45, 7) is 2.21. The predicted molar refractivity (Wildman–Crippen MR) is 132 cm³/mol. The molecule has 1 rings (SSSR count). The van der Waals surface area contributed by atoms with Crippen molar-refractivity contribution in [2.24, 2.45) is 0 Å². The summed E-state index contributed by atoms with van der Waals surface area (Å²) in [7, 11) is 0. The third-order valence-electron chi connectivity index (χ3n) is 5.16. The number of phenols is 2. The molecule has 1 amide bonds. The number of carbonyl (C=O) groups excluding carboxylic acids is 1. The van der Waals surface area contributed by atoms with Gasteiger partial charge in [-0.15, -0.1) is 0 Å². The van der Waals surface area contributed by atoms with E-state index in [1.165, 1.54) is 43.9 Å². The van der Waals surface area contributed by atoms with Crippen molar-refractivity contribution in [1.29, 1.82) is 0 Å². The lowest BCUT2D eigenvalue weighted by atomic mass is 10.0. The van der Waals surface area contributed by atoms with Gasteiger partial charge in [-0.3, -0.25) is 4.79 Å². The first-order chi connectivity index (χ1) is 15.9. The fourth-order valence-corrected chi connectivity index (χ4v) is 3.24. The first-order valence-electron chi connectivity index (χ1n) is 11.9. The maximum absolute atomic E-state index is 12.1. The molecule has 0 spiro atoms. The summed E-state index contributed by atoms with van der Waals surface area (Å²) in [5.41, 5.74) is 0.514. The number of benzene rings is 1. The molecule has 1 aromatic rings. The van der Waals surface area contributed by atoms with Crippen LogP contribution in [-0.2, 0) is 16.0 Å². The molecule has 0 radical (unpaired) electrons. The Morgan fingerprint density at radius 2 is 1.48 bits per heavy atom. The van der Waals surface area contributed by atoms with Crippen LogP contribution in [0.4, 0.5) is 0 Å². The van der Waals surface area contributed by atoms with Crippen molar-refractivity contribution < 1.29 is 24.9 Å². The predicted octanol–water partition coefficient (Wildman–Crippen LogP) is 5.80. The molecule has 0 fully saturated rings. The molecule has 33 heavy (non-hydrogen) atoms. The lowest BCUT2D eigenvalue weighted by molar-refractivity contribution is -0.141. The molecule has 1 aromatic carbocycles. The molecule has 6 heteroatoms. The van der Waals surface area contributed by atoms with Crippen molar-refractivity contribution in [3.8, 4) is 11.5 Å². The Morgan fingerprint density at radius 1 is 0.879 bits per heavy atom. The highest BCUT2D eigenvalue weighted by molar-refractivity contribution is 5.83. The minimum Gasteiger partial charge on any atom is -0.504 e. The van der Waals surface area contributed by atoms with Gasteiger partial charge >= 0.3 is 5.97 Å². The quantitative estimate of drug-likeness (QED) is 0.134. The normalized spacial score (nSPS) is 12.6. The van der Waals surface area contributed by atoms with Gasteiger partial charge < -0.3 is 20.6 Å². The monoisotopic (exact) mass is 457 g/mol. The van der Waals surface area contributed by atoms with Crippen LogP contribution in [0.25, 0.3) is 0 Å². The number of phenolic OH excluding ortho intramolecular Hbond substituents is 2. The molecule has 0 aromatic heterocycles. The van der Waals surface area contributed by atoms with E-state index in [0.29, 0.717) is 12.0 Å². The van der Waals surface area contributed by atoms with Crippen LogP contribution in [0.15, 0.2) is 54.7 Å². The largest absolute Gasteiger partial charge is 0.504 e. The van der Waals surface area contributed by atoms with E-state index in [2.05, 4.69) is 48.7 Å². The van der Waals surface area contributed by atoms with Crippen LogP contribution in [0.3, 0.4) is 0 Å². The van der Waals surface area contributed by atoms with E-state index in [1.54, 1.807) is 0 Å². The molecule has 4 N–H and O–H groups in total. The van der Waals surface area contributed by atoms with Gasteiger partial charge in [-0.1, -0.05) is 62.3 Å². The number of aromatic hydroxyl groups is 2. The summed E-state index contributed by atoms with van der Waals surface area (Å²) in [5, 5.41) is 30.8. The zero-order chi connectivity index (χ0) is 24.3. The van der Waals surface area contributed by atoms with Crippen LogP contribution in [0.2, 0.25) is 0 Å².